The number of hydrogen-bond acceptors (Lipinski definition) is 2. The van der Waals surface area contributed by atoms with E-state index in [0.717, 1.165) is 16.7 Å². The Morgan fingerprint density at radius 2 is 1.92 bits per heavy atom. The number of benzene rings is 2. The first-order chi connectivity index (χ1) is 11.6. The molecule has 0 fully saturated rings. The van der Waals surface area contributed by atoms with Gasteiger partial charge in [0.05, 0.1) is 0 Å². The number of fused-ring (bicyclic) bond motifs is 1. The van der Waals surface area contributed by atoms with Crippen LogP contribution in [0.2, 0.25) is 0 Å². The van der Waals surface area contributed by atoms with Crippen molar-refractivity contribution in [1.29, 1.82) is 0 Å². The molecule has 0 radical (unpaired) electrons. The van der Waals surface area contributed by atoms with E-state index in [-0.39, 0.29) is 24.2 Å². The first-order valence-electron chi connectivity index (χ1n) is 8.12. The summed E-state index contributed by atoms with van der Waals surface area (Å²) in [7, 11) is 0. The molecule has 0 saturated carbocycles. The quantitative estimate of drug-likeness (QED) is 0.736. The van der Waals surface area contributed by atoms with Crippen molar-refractivity contribution in [2.75, 3.05) is 0 Å². The Bertz CT molecular complexity index is 807. The van der Waals surface area contributed by atoms with Crippen LogP contribution in [0.5, 0.6) is 0 Å². The van der Waals surface area contributed by atoms with Gasteiger partial charge in [-0.15, -0.1) is 0 Å². The number of aryl methyl sites for hydroxylation is 1. The summed E-state index contributed by atoms with van der Waals surface area (Å²) in [6, 6.07) is 16.3. The molecule has 24 heavy (non-hydrogen) atoms. The van der Waals surface area contributed by atoms with E-state index in [2.05, 4.69) is 5.32 Å². The minimum Gasteiger partial charge on any atom is -0.461 e. The van der Waals surface area contributed by atoms with E-state index in [1.54, 1.807) is 18.2 Å². The molecule has 1 amide bonds. The van der Waals surface area contributed by atoms with E-state index in [1.807, 2.05) is 37.3 Å². The first-order valence-corrected chi connectivity index (χ1v) is 8.12. The summed E-state index contributed by atoms with van der Waals surface area (Å²) in [4.78, 5) is 12.0. The summed E-state index contributed by atoms with van der Waals surface area (Å²) in [5, 5.41) is 4.00. The van der Waals surface area contributed by atoms with Crippen LogP contribution in [0.1, 0.15) is 24.7 Å². The number of halogens is 1. The monoisotopic (exact) mass is 325 g/mol. The lowest BCUT2D eigenvalue weighted by Gasteiger charge is -2.12. The minimum absolute atomic E-state index is 0.0429. The molecular weight excluding hydrogens is 305 g/mol. The van der Waals surface area contributed by atoms with Crippen LogP contribution in [0, 0.1) is 5.82 Å². The third kappa shape index (κ3) is 4.02. The van der Waals surface area contributed by atoms with E-state index >= 15 is 0 Å². The Morgan fingerprint density at radius 1 is 1.17 bits per heavy atom. The van der Waals surface area contributed by atoms with Gasteiger partial charge in [0.2, 0.25) is 5.91 Å². The number of carbonyl (C=O) groups is 1. The molecule has 0 aliphatic carbocycles. The molecule has 0 aliphatic heterocycles. The predicted molar refractivity (Wildman–Crippen MR) is 92.2 cm³/mol. The lowest BCUT2D eigenvalue weighted by Crippen LogP contribution is -2.34. The number of amides is 1. The molecule has 1 heterocycles. The van der Waals surface area contributed by atoms with E-state index in [1.165, 1.54) is 6.07 Å². The standard InChI is InChI=1S/C20H20FNO2/c1-14(12-17-13-16-7-3-5-9-19(16)24-17)22-20(23)11-10-15-6-2-4-8-18(15)21/h2-9,13-14H,10-12H2,1H3,(H,22,23)/t14-/m1/s1. The summed E-state index contributed by atoms with van der Waals surface area (Å²) in [5.74, 6) is 0.501. The van der Waals surface area contributed by atoms with Crippen LogP contribution in [-0.4, -0.2) is 11.9 Å². The SMILES string of the molecule is C[C@H](Cc1cc2ccccc2o1)NC(=O)CCc1ccccc1F. The molecule has 0 spiro atoms. The molecule has 0 unspecified atom stereocenters. The maximum atomic E-state index is 13.5. The van der Waals surface area contributed by atoms with Gasteiger partial charge < -0.3 is 9.73 Å². The van der Waals surface area contributed by atoms with Crippen LogP contribution < -0.4 is 5.32 Å². The molecule has 2 aromatic carbocycles. The lowest BCUT2D eigenvalue weighted by atomic mass is 10.1. The minimum atomic E-state index is -0.263. The zero-order chi connectivity index (χ0) is 16.9. The average molecular weight is 325 g/mol. The zero-order valence-electron chi connectivity index (χ0n) is 13.6. The van der Waals surface area contributed by atoms with Gasteiger partial charge in [0.25, 0.3) is 0 Å². The van der Waals surface area contributed by atoms with Crippen molar-refractivity contribution in [1.82, 2.24) is 5.32 Å². The second kappa shape index (κ2) is 7.30. The third-order valence-corrected chi connectivity index (χ3v) is 3.97. The number of para-hydroxylation sites is 1. The summed E-state index contributed by atoms with van der Waals surface area (Å²) in [6.45, 7) is 1.94. The summed E-state index contributed by atoms with van der Waals surface area (Å²) in [6.07, 6.45) is 1.29. The molecule has 1 atom stereocenters. The molecule has 1 N–H and O–H groups in total. The van der Waals surface area contributed by atoms with Crippen molar-refractivity contribution in [2.45, 2.75) is 32.2 Å². The third-order valence-electron chi connectivity index (χ3n) is 3.97. The number of furan rings is 1. The van der Waals surface area contributed by atoms with Crippen molar-refractivity contribution < 1.29 is 13.6 Å². The highest BCUT2D eigenvalue weighted by Crippen LogP contribution is 2.19. The number of carbonyl (C=O) groups excluding carboxylic acids is 1. The Hall–Kier alpha value is -2.62. The molecule has 0 bridgehead atoms. The normalized spacial score (nSPS) is 12.2. The topological polar surface area (TPSA) is 42.2 Å². The largest absolute Gasteiger partial charge is 0.461 e. The number of nitrogens with one attached hydrogen (secondary N) is 1. The molecular formula is C20H20FNO2. The van der Waals surface area contributed by atoms with E-state index in [0.29, 0.717) is 18.4 Å². The van der Waals surface area contributed by atoms with E-state index in [4.69, 9.17) is 4.42 Å². The van der Waals surface area contributed by atoms with Gasteiger partial charge in [0.15, 0.2) is 0 Å². The highest BCUT2D eigenvalue weighted by Gasteiger charge is 2.12. The Balaban J connectivity index is 1.51. The van der Waals surface area contributed by atoms with Crippen molar-refractivity contribution in [3.63, 3.8) is 0 Å². The molecule has 0 saturated heterocycles. The Labute approximate surface area is 140 Å². The second-order valence-electron chi connectivity index (χ2n) is 6.01. The van der Waals surface area contributed by atoms with Crippen LogP contribution in [-0.2, 0) is 17.6 Å². The van der Waals surface area contributed by atoms with Gasteiger partial charge in [-0.25, -0.2) is 4.39 Å². The molecule has 3 nitrogen and oxygen atoms in total. The van der Waals surface area contributed by atoms with Crippen molar-refractivity contribution in [2.24, 2.45) is 0 Å². The van der Waals surface area contributed by atoms with Crippen LogP contribution in [0.3, 0.4) is 0 Å². The van der Waals surface area contributed by atoms with Gasteiger partial charge in [-0.05, 0) is 37.1 Å². The van der Waals surface area contributed by atoms with Crippen LogP contribution in [0.4, 0.5) is 4.39 Å². The summed E-state index contributed by atoms with van der Waals surface area (Å²) in [5.41, 5.74) is 1.42. The van der Waals surface area contributed by atoms with Crippen LogP contribution >= 0.6 is 0 Å². The van der Waals surface area contributed by atoms with Crippen LogP contribution in [0.15, 0.2) is 59.0 Å². The van der Waals surface area contributed by atoms with Crippen LogP contribution in [0.25, 0.3) is 11.0 Å². The maximum Gasteiger partial charge on any atom is 0.220 e. The van der Waals surface area contributed by atoms with Crippen molar-refractivity contribution in [3.05, 3.63) is 71.7 Å². The Morgan fingerprint density at radius 3 is 2.71 bits per heavy atom. The number of rotatable bonds is 6. The van der Waals surface area contributed by atoms with Gasteiger partial charge in [-0.2, -0.15) is 0 Å². The summed E-state index contributed by atoms with van der Waals surface area (Å²) >= 11 is 0. The summed E-state index contributed by atoms with van der Waals surface area (Å²) < 4.78 is 19.3. The fourth-order valence-corrected chi connectivity index (χ4v) is 2.79. The van der Waals surface area contributed by atoms with Gasteiger partial charge in [0, 0.05) is 24.3 Å². The van der Waals surface area contributed by atoms with Gasteiger partial charge in [-0.1, -0.05) is 36.4 Å². The first kappa shape index (κ1) is 16.2. The molecule has 0 aliphatic rings. The molecule has 124 valence electrons. The van der Waals surface area contributed by atoms with Gasteiger partial charge in [0.1, 0.15) is 17.2 Å². The highest BCUT2D eigenvalue weighted by atomic mass is 19.1. The second-order valence-corrected chi connectivity index (χ2v) is 6.01. The average Bonchev–Trinajstić information content (AvgIpc) is 2.96. The van der Waals surface area contributed by atoms with E-state index < -0.39 is 0 Å². The van der Waals surface area contributed by atoms with Gasteiger partial charge in [-0.3, -0.25) is 4.79 Å². The fraction of sp³-hybridized carbons (Fsp3) is 0.250. The lowest BCUT2D eigenvalue weighted by molar-refractivity contribution is -0.121. The smallest absolute Gasteiger partial charge is 0.220 e. The van der Waals surface area contributed by atoms with Crippen molar-refractivity contribution >= 4 is 16.9 Å². The number of hydrogen-bond donors (Lipinski definition) is 1. The predicted octanol–water partition coefficient (Wildman–Crippen LogP) is 4.25. The maximum absolute atomic E-state index is 13.5. The highest BCUT2D eigenvalue weighted by molar-refractivity contribution is 5.78. The zero-order valence-corrected chi connectivity index (χ0v) is 13.6. The fourth-order valence-electron chi connectivity index (χ4n) is 2.79. The van der Waals surface area contributed by atoms with E-state index in [9.17, 15) is 9.18 Å². The molecule has 4 heteroatoms. The molecule has 1 aromatic heterocycles. The van der Waals surface area contributed by atoms with Gasteiger partial charge >= 0.3 is 0 Å². The van der Waals surface area contributed by atoms with Crippen molar-refractivity contribution in [3.8, 4) is 0 Å². The molecule has 3 rings (SSSR count). The molecule has 3 aromatic rings. The Kier molecular flexibility index (Phi) is 4.94.